The Bertz CT molecular complexity index is 674. The zero-order chi connectivity index (χ0) is 14.8. The quantitative estimate of drug-likeness (QED) is 0.670. The third-order valence-corrected chi connectivity index (χ3v) is 3.92. The Morgan fingerprint density at radius 1 is 1.43 bits per heavy atom. The number of para-hydroxylation sites is 1. The summed E-state index contributed by atoms with van der Waals surface area (Å²) >= 11 is 0. The number of nitrogens with zero attached hydrogens (tertiary/aromatic N) is 2. The van der Waals surface area contributed by atoms with Gasteiger partial charge in [-0.05, 0) is 32.4 Å². The van der Waals surface area contributed by atoms with Gasteiger partial charge in [-0.2, -0.15) is 0 Å². The van der Waals surface area contributed by atoms with Crippen molar-refractivity contribution in [1.29, 1.82) is 0 Å². The third-order valence-electron chi connectivity index (χ3n) is 3.92. The summed E-state index contributed by atoms with van der Waals surface area (Å²) in [6.07, 6.45) is 3.25. The van der Waals surface area contributed by atoms with Crippen LogP contribution < -0.4 is 10.6 Å². The number of anilines is 1. The van der Waals surface area contributed by atoms with Crippen LogP contribution in [0.15, 0.2) is 30.5 Å². The maximum atomic E-state index is 11.3. The maximum absolute atomic E-state index is 11.3. The molecule has 1 aliphatic heterocycles. The molecule has 2 atom stereocenters. The largest absolute Gasteiger partial charge is 0.376 e. The van der Waals surface area contributed by atoms with Gasteiger partial charge in [-0.1, -0.05) is 18.2 Å². The van der Waals surface area contributed by atoms with Crippen molar-refractivity contribution in [2.45, 2.75) is 31.8 Å². The summed E-state index contributed by atoms with van der Waals surface area (Å²) < 4.78 is 0. The Labute approximate surface area is 122 Å². The molecule has 3 rings (SSSR count). The van der Waals surface area contributed by atoms with Gasteiger partial charge in [0.05, 0.1) is 10.4 Å². The van der Waals surface area contributed by atoms with Crippen molar-refractivity contribution in [1.82, 2.24) is 10.3 Å². The first-order chi connectivity index (χ1) is 10.1. The van der Waals surface area contributed by atoms with E-state index >= 15 is 0 Å². The molecule has 2 N–H and O–H groups in total. The van der Waals surface area contributed by atoms with E-state index in [1.165, 1.54) is 6.20 Å². The first-order valence-corrected chi connectivity index (χ1v) is 7.17. The number of nitro groups is 1. The van der Waals surface area contributed by atoms with Crippen molar-refractivity contribution >= 4 is 22.3 Å². The van der Waals surface area contributed by atoms with Crippen LogP contribution in [0.2, 0.25) is 0 Å². The summed E-state index contributed by atoms with van der Waals surface area (Å²) in [6, 6.07) is 8.17. The highest BCUT2D eigenvalue weighted by molar-refractivity contribution is 5.95. The second kappa shape index (κ2) is 5.65. The van der Waals surface area contributed by atoms with Gasteiger partial charge in [0.15, 0.2) is 0 Å². The Balaban J connectivity index is 2.01. The Morgan fingerprint density at radius 3 is 3.00 bits per heavy atom. The van der Waals surface area contributed by atoms with Gasteiger partial charge in [-0.15, -0.1) is 0 Å². The van der Waals surface area contributed by atoms with Gasteiger partial charge in [0, 0.05) is 17.5 Å². The predicted molar refractivity (Wildman–Crippen MR) is 82.5 cm³/mol. The fourth-order valence-electron chi connectivity index (χ4n) is 2.89. The molecule has 0 bridgehead atoms. The predicted octanol–water partition coefficient (Wildman–Crippen LogP) is 2.70. The minimum absolute atomic E-state index is 0.0416. The van der Waals surface area contributed by atoms with Gasteiger partial charge < -0.3 is 10.6 Å². The number of benzene rings is 1. The van der Waals surface area contributed by atoms with Crippen LogP contribution in [0.5, 0.6) is 0 Å². The molecule has 6 heteroatoms. The number of fused-ring (bicyclic) bond motifs is 1. The average molecular weight is 286 g/mol. The fourth-order valence-corrected chi connectivity index (χ4v) is 2.89. The van der Waals surface area contributed by atoms with Crippen LogP contribution in [0.1, 0.15) is 19.8 Å². The van der Waals surface area contributed by atoms with E-state index in [4.69, 9.17) is 0 Å². The molecule has 0 aliphatic carbocycles. The van der Waals surface area contributed by atoms with Gasteiger partial charge in [0.1, 0.15) is 11.9 Å². The second-order valence-electron chi connectivity index (χ2n) is 5.51. The molecule has 6 nitrogen and oxygen atoms in total. The normalized spacial score (nSPS) is 22.1. The number of piperidine rings is 1. The Hall–Kier alpha value is -2.21. The monoisotopic (exact) mass is 286 g/mol. The Kier molecular flexibility index (Phi) is 3.70. The van der Waals surface area contributed by atoms with Crippen molar-refractivity contribution in [3.05, 3.63) is 40.6 Å². The highest BCUT2D eigenvalue weighted by Gasteiger charge is 2.23. The molecule has 1 aliphatic rings. The maximum Gasteiger partial charge on any atom is 0.311 e. The zero-order valence-electron chi connectivity index (χ0n) is 11.9. The van der Waals surface area contributed by atoms with Gasteiger partial charge in [0.25, 0.3) is 0 Å². The number of pyridine rings is 1. The lowest BCUT2D eigenvalue weighted by molar-refractivity contribution is -0.384. The smallest absolute Gasteiger partial charge is 0.311 e. The van der Waals surface area contributed by atoms with Crippen LogP contribution >= 0.6 is 0 Å². The summed E-state index contributed by atoms with van der Waals surface area (Å²) in [5.74, 6) is 0. The zero-order valence-corrected chi connectivity index (χ0v) is 11.9. The van der Waals surface area contributed by atoms with E-state index in [1.807, 2.05) is 24.3 Å². The first-order valence-electron chi connectivity index (χ1n) is 7.17. The lowest BCUT2D eigenvalue weighted by Crippen LogP contribution is -2.41. The van der Waals surface area contributed by atoms with E-state index in [0.29, 0.717) is 11.7 Å². The topological polar surface area (TPSA) is 80.1 Å². The highest BCUT2D eigenvalue weighted by atomic mass is 16.6. The molecule has 0 saturated carbocycles. The summed E-state index contributed by atoms with van der Waals surface area (Å²) in [4.78, 5) is 15.1. The molecular weight excluding hydrogens is 268 g/mol. The number of nitrogens with one attached hydrogen (secondary N) is 2. The molecule has 0 radical (unpaired) electrons. The molecule has 1 aromatic carbocycles. The van der Waals surface area contributed by atoms with Crippen molar-refractivity contribution < 1.29 is 4.92 Å². The SMILES string of the molecule is CC1CC(Nc2c([N+](=O)[O-])cnc3ccccc23)CCN1. The summed E-state index contributed by atoms with van der Waals surface area (Å²) in [7, 11) is 0. The van der Waals surface area contributed by atoms with Crippen molar-refractivity contribution in [2.75, 3.05) is 11.9 Å². The van der Waals surface area contributed by atoms with Crippen LogP contribution in [0, 0.1) is 10.1 Å². The van der Waals surface area contributed by atoms with Crippen LogP contribution in [0.4, 0.5) is 11.4 Å². The van der Waals surface area contributed by atoms with Gasteiger partial charge in [0.2, 0.25) is 0 Å². The van der Waals surface area contributed by atoms with Crippen LogP contribution in [-0.2, 0) is 0 Å². The molecular formula is C15H18N4O2. The molecule has 1 saturated heterocycles. The van der Waals surface area contributed by atoms with Crippen molar-refractivity contribution in [2.24, 2.45) is 0 Å². The molecule has 110 valence electrons. The summed E-state index contributed by atoms with van der Waals surface area (Å²) in [6.45, 7) is 3.06. The number of hydrogen-bond acceptors (Lipinski definition) is 5. The fraction of sp³-hybridized carbons (Fsp3) is 0.400. The van der Waals surface area contributed by atoms with Gasteiger partial charge in [-0.25, -0.2) is 4.98 Å². The Morgan fingerprint density at radius 2 is 2.24 bits per heavy atom. The lowest BCUT2D eigenvalue weighted by atomic mass is 10.00. The van der Waals surface area contributed by atoms with E-state index in [0.717, 1.165) is 30.3 Å². The van der Waals surface area contributed by atoms with E-state index in [9.17, 15) is 10.1 Å². The van der Waals surface area contributed by atoms with E-state index in [1.54, 1.807) is 0 Å². The molecule has 2 unspecified atom stereocenters. The van der Waals surface area contributed by atoms with E-state index in [2.05, 4.69) is 22.5 Å². The minimum Gasteiger partial charge on any atom is -0.376 e. The molecule has 0 spiro atoms. The molecule has 2 aromatic rings. The number of rotatable bonds is 3. The van der Waals surface area contributed by atoms with E-state index in [-0.39, 0.29) is 16.7 Å². The number of aromatic nitrogens is 1. The van der Waals surface area contributed by atoms with Crippen LogP contribution in [0.25, 0.3) is 10.9 Å². The summed E-state index contributed by atoms with van der Waals surface area (Å²) in [5, 5.41) is 18.9. The molecule has 1 aromatic heterocycles. The minimum atomic E-state index is -0.369. The number of hydrogen-bond donors (Lipinski definition) is 2. The van der Waals surface area contributed by atoms with Gasteiger partial charge in [-0.3, -0.25) is 10.1 Å². The van der Waals surface area contributed by atoms with Crippen LogP contribution in [0.3, 0.4) is 0 Å². The third kappa shape index (κ3) is 2.80. The van der Waals surface area contributed by atoms with Crippen LogP contribution in [-0.4, -0.2) is 28.5 Å². The lowest BCUT2D eigenvalue weighted by Gasteiger charge is -2.29. The molecule has 0 amide bonds. The average Bonchev–Trinajstić information content (AvgIpc) is 2.47. The summed E-state index contributed by atoms with van der Waals surface area (Å²) in [5.41, 5.74) is 1.40. The van der Waals surface area contributed by atoms with Crippen molar-refractivity contribution in [3.8, 4) is 0 Å². The van der Waals surface area contributed by atoms with Gasteiger partial charge >= 0.3 is 5.69 Å². The first kappa shape index (κ1) is 13.8. The highest BCUT2D eigenvalue weighted by Crippen LogP contribution is 2.32. The molecule has 21 heavy (non-hydrogen) atoms. The standard InChI is InChI=1S/C15H18N4O2/c1-10-8-11(6-7-16-10)18-15-12-4-2-3-5-13(12)17-9-14(15)19(20)21/h2-5,9-11,16H,6-8H2,1H3,(H,17,18). The van der Waals surface area contributed by atoms with Crippen molar-refractivity contribution in [3.63, 3.8) is 0 Å². The van der Waals surface area contributed by atoms with E-state index < -0.39 is 0 Å². The second-order valence-corrected chi connectivity index (χ2v) is 5.51. The molecule has 2 heterocycles. The molecule has 1 fully saturated rings.